The molecule has 4 nitrogen and oxygen atoms in total. The van der Waals surface area contributed by atoms with Crippen LogP contribution in [0, 0.1) is 11.3 Å². The van der Waals surface area contributed by atoms with E-state index in [1.807, 2.05) is 36.9 Å². The molecule has 2 rings (SSSR count). The van der Waals surface area contributed by atoms with Crippen molar-refractivity contribution in [3.8, 4) is 23.1 Å². The van der Waals surface area contributed by atoms with Crippen LogP contribution in [0.4, 0.5) is 4.39 Å². The van der Waals surface area contributed by atoms with E-state index in [4.69, 9.17) is 9.68 Å². The minimum atomic E-state index is -1.15. The van der Waals surface area contributed by atoms with Crippen molar-refractivity contribution in [2.75, 3.05) is 13.1 Å². The van der Waals surface area contributed by atoms with Crippen LogP contribution in [-0.4, -0.2) is 29.3 Å². The summed E-state index contributed by atoms with van der Waals surface area (Å²) in [4.78, 5) is 1.99. The topological polar surface area (TPSA) is 60.4 Å². The van der Waals surface area contributed by atoms with E-state index in [9.17, 15) is 9.50 Å². The summed E-state index contributed by atoms with van der Waals surface area (Å²) in [5.41, 5.74) is 1.54. The van der Waals surface area contributed by atoms with E-state index in [1.165, 1.54) is 0 Å². The van der Waals surface area contributed by atoms with Gasteiger partial charge < -0.3 is 9.52 Å². The Morgan fingerprint density at radius 1 is 1.31 bits per heavy atom. The van der Waals surface area contributed by atoms with Crippen molar-refractivity contribution < 1.29 is 13.9 Å². The third-order valence-corrected chi connectivity index (χ3v) is 3.85. The average molecular weight is 360 g/mol. The van der Waals surface area contributed by atoms with E-state index in [1.54, 1.807) is 24.5 Å². The Kier molecular flexibility index (Phi) is 10.1. The summed E-state index contributed by atoms with van der Waals surface area (Å²) in [5, 5.41) is 18.8. The summed E-state index contributed by atoms with van der Waals surface area (Å²) < 4.78 is 19.1. The molecule has 1 heterocycles. The quantitative estimate of drug-likeness (QED) is 0.638. The Bertz CT molecular complexity index is 665. The van der Waals surface area contributed by atoms with Crippen molar-refractivity contribution in [2.24, 2.45) is 0 Å². The second-order valence-corrected chi connectivity index (χ2v) is 5.88. The molecule has 1 aromatic carbocycles. The Balaban J connectivity index is 0.00000163. The summed E-state index contributed by atoms with van der Waals surface area (Å²) in [7, 11) is 0. The molecule has 1 aromatic heterocycles. The molecule has 0 aliphatic heterocycles. The highest BCUT2D eigenvalue weighted by Crippen LogP contribution is 2.30. The van der Waals surface area contributed by atoms with E-state index < -0.39 is 6.17 Å². The fourth-order valence-corrected chi connectivity index (χ4v) is 2.63. The van der Waals surface area contributed by atoms with Crippen LogP contribution in [-0.2, 0) is 6.54 Å². The van der Waals surface area contributed by atoms with Crippen molar-refractivity contribution in [1.29, 1.82) is 5.26 Å². The van der Waals surface area contributed by atoms with Gasteiger partial charge in [-0.2, -0.15) is 5.26 Å². The number of aromatic hydroxyl groups is 1. The van der Waals surface area contributed by atoms with Crippen LogP contribution in [0.3, 0.4) is 0 Å². The van der Waals surface area contributed by atoms with Crippen LogP contribution in [0.25, 0.3) is 11.3 Å². The maximum Gasteiger partial charge on any atom is 0.137 e. The minimum Gasteiger partial charge on any atom is -0.507 e. The molecule has 0 aliphatic rings. The Hall–Kier alpha value is -2.32. The summed E-state index contributed by atoms with van der Waals surface area (Å²) >= 11 is 0. The van der Waals surface area contributed by atoms with E-state index in [0.29, 0.717) is 17.9 Å². The Labute approximate surface area is 155 Å². The van der Waals surface area contributed by atoms with E-state index in [2.05, 4.69) is 6.92 Å². The first-order valence-electron chi connectivity index (χ1n) is 9.23. The molecule has 0 fully saturated rings. The number of nitriles is 1. The molecule has 0 spiro atoms. The zero-order valence-electron chi connectivity index (χ0n) is 15.9. The number of nitrogens with zero attached hydrogens (tertiary/aromatic N) is 2. The fraction of sp³-hybridized carbons (Fsp3) is 0.476. The number of benzene rings is 1. The molecule has 1 N–H and O–H groups in total. The van der Waals surface area contributed by atoms with Gasteiger partial charge in [-0.1, -0.05) is 33.3 Å². The zero-order chi connectivity index (χ0) is 19.4. The molecular formula is C21H29FN2O2. The first kappa shape index (κ1) is 21.7. The number of hydrogen-bond donors (Lipinski definition) is 1. The molecule has 1 atom stereocenters. The first-order valence-corrected chi connectivity index (χ1v) is 9.23. The monoisotopic (exact) mass is 360 g/mol. The molecule has 0 saturated heterocycles. The lowest BCUT2D eigenvalue weighted by atomic mass is 10.1. The second kappa shape index (κ2) is 12.1. The molecule has 142 valence electrons. The average Bonchev–Trinajstić information content (AvgIpc) is 3.16. The van der Waals surface area contributed by atoms with E-state index in [-0.39, 0.29) is 18.7 Å². The largest absolute Gasteiger partial charge is 0.507 e. The van der Waals surface area contributed by atoms with Gasteiger partial charge in [0.05, 0.1) is 24.3 Å². The SMILES string of the molecule is CC.CCCCN(Cc1ccc(-c2ccco2)c(O)c1)CC(F)CC#N. The van der Waals surface area contributed by atoms with Gasteiger partial charge in [-0.15, -0.1) is 0 Å². The van der Waals surface area contributed by atoms with Gasteiger partial charge in [0.2, 0.25) is 0 Å². The standard InChI is InChI=1S/C19H23FN2O2.C2H6/c1-2-3-10-22(14-16(20)8-9-21)13-15-6-7-17(18(23)12-15)19-5-4-11-24-19;1-2/h4-7,11-12,16,23H,2-3,8,10,13-14H2,1H3;1-2H3. The third kappa shape index (κ3) is 6.89. The molecule has 0 aliphatic carbocycles. The molecule has 0 bridgehead atoms. The number of alkyl halides is 1. The second-order valence-electron chi connectivity index (χ2n) is 5.88. The van der Waals surface area contributed by atoms with Gasteiger partial charge in [0, 0.05) is 13.1 Å². The van der Waals surface area contributed by atoms with Crippen LogP contribution >= 0.6 is 0 Å². The zero-order valence-corrected chi connectivity index (χ0v) is 15.9. The number of furan rings is 1. The van der Waals surface area contributed by atoms with Crippen molar-refractivity contribution >= 4 is 0 Å². The normalized spacial score (nSPS) is 11.5. The molecule has 0 radical (unpaired) electrons. The number of hydrogen-bond acceptors (Lipinski definition) is 4. The third-order valence-electron chi connectivity index (χ3n) is 3.85. The number of rotatable bonds is 9. The van der Waals surface area contributed by atoms with Gasteiger partial charge in [0.25, 0.3) is 0 Å². The van der Waals surface area contributed by atoms with Gasteiger partial charge in [-0.05, 0) is 42.8 Å². The highest BCUT2D eigenvalue weighted by Gasteiger charge is 2.15. The summed E-state index contributed by atoms with van der Waals surface area (Å²) in [6.45, 7) is 7.62. The van der Waals surface area contributed by atoms with Gasteiger partial charge >= 0.3 is 0 Å². The number of unbranched alkanes of at least 4 members (excludes halogenated alkanes) is 1. The van der Waals surface area contributed by atoms with Gasteiger partial charge in [-0.25, -0.2) is 4.39 Å². The van der Waals surface area contributed by atoms with Crippen LogP contribution < -0.4 is 0 Å². The predicted octanol–water partition coefficient (Wildman–Crippen LogP) is 5.53. The molecule has 0 saturated carbocycles. The van der Waals surface area contributed by atoms with Crippen molar-refractivity contribution in [2.45, 2.75) is 52.8 Å². The van der Waals surface area contributed by atoms with Crippen LogP contribution in [0.15, 0.2) is 41.0 Å². The molecule has 26 heavy (non-hydrogen) atoms. The van der Waals surface area contributed by atoms with E-state index >= 15 is 0 Å². The van der Waals surface area contributed by atoms with Crippen LogP contribution in [0.1, 0.15) is 45.6 Å². The highest BCUT2D eigenvalue weighted by molar-refractivity contribution is 5.65. The van der Waals surface area contributed by atoms with Gasteiger partial charge in [0.15, 0.2) is 0 Å². The minimum absolute atomic E-state index is 0.0920. The molecule has 5 heteroatoms. The fourth-order valence-electron chi connectivity index (χ4n) is 2.63. The highest BCUT2D eigenvalue weighted by atomic mass is 19.1. The first-order chi connectivity index (χ1) is 12.6. The summed E-state index contributed by atoms with van der Waals surface area (Å²) in [6.07, 6.45) is 2.31. The molecule has 2 aromatic rings. The maximum absolute atomic E-state index is 13.8. The number of phenolic OH excluding ortho intramolecular Hbond substituents is 1. The summed E-state index contributed by atoms with van der Waals surface area (Å²) in [6, 6.07) is 10.8. The smallest absolute Gasteiger partial charge is 0.137 e. The molecule has 1 unspecified atom stereocenters. The Morgan fingerprint density at radius 3 is 2.65 bits per heavy atom. The van der Waals surface area contributed by atoms with E-state index in [0.717, 1.165) is 24.9 Å². The predicted molar refractivity (Wildman–Crippen MR) is 102 cm³/mol. The Morgan fingerprint density at radius 2 is 2.08 bits per heavy atom. The van der Waals surface area contributed by atoms with Crippen molar-refractivity contribution in [3.05, 3.63) is 42.2 Å². The number of phenols is 1. The van der Waals surface area contributed by atoms with Crippen molar-refractivity contribution in [1.82, 2.24) is 4.90 Å². The van der Waals surface area contributed by atoms with Gasteiger partial charge in [-0.3, -0.25) is 4.90 Å². The summed E-state index contributed by atoms with van der Waals surface area (Å²) in [5.74, 6) is 0.756. The van der Waals surface area contributed by atoms with Crippen LogP contribution in [0.5, 0.6) is 5.75 Å². The molecular weight excluding hydrogens is 331 g/mol. The lowest BCUT2D eigenvalue weighted by Gasteiger charge is -2.23. The lowest BCUT2D eigenvalue weighted by Crippen LogP contribution is -2.31. The van der Waals surface area contributed by atoms with Crippen LogP contribution in [0.2, 0.25) is 0 Å². The number of halogens is 1. The van der Waals surface area contributed by atoms with Gasteiger partial charge in [0.1, 0.15) is 17.7 Å². The maximum atomic E-state index is 13.8. The van der Waals surface area contributed by atoms with Crippen molar-refractivity contribution in [3.63, 3.8) is 0 Å². The lowest BCUT2D eigenvalue weighted by molar-refractivity contribution is 0.184. The molecule has 0 amide bonds.